The third-order valence-electron chi connectivity index (χ3n) is 6.21. The van der Waals surface area contributed by atoms with Gasteiger partial charge >= 0.3 is 12.4 Å². The summed E-state index contributed by atoms with van der Waals surface area (Å²) in [6.07, 6.45) is -7.21. The highest BCUT2D eigenvalue weighted by Gasteiger charge is 2.37. The molecule has 0 saturated heterocycles. The van der Waals surface area contributed by atoms with Crippen LogP contribution in [-0.2, 0) is 23.5 Å². The lowest BCUT2D eigenvalue weighted by Gasteiger charge is -2.24. The lowest BCUT2D eigenvalue weighted by atomic mass is 10.0. The van der Waals surface area contributed by atoms with Gasteiger partial charge in [0, 0.05) is 33.3 Å². The van der Waals surface area contributed by atoms with Gasteiger partial charge in [0.15, 0.2) is 0 Å². The maximum absolute atomic E-state index is 13.3. The number of ether oxygens (including phenoxy) is 1. The van der Waals surface area contributed by atoms with E-state index < -0.39 is 29.5 Å². The Morgan fingerprint density at radius 2 is 1.69 bits per heavy atom. The number of alkyl halides is 6. The Labute approximate surface area is 212 Å². The third kappa shape index (κ3) is 6.61. The summed E-state index contributed by atoms with van der Waals surface area (Å²) in [5.74, 6) is 0. The smallest absolute Gasteiger partial charge is 0.382 e. The molecule has 1 aliphatic rings. The number of methoxy groups -OCH3 is 1. The summed E-state index contributed by atoms with van der Waals surface area (Å²) in [6, 6.07) is 4.81. The van der Waals surface area contributed by atoms with Crippen LogP contribution in [0.4, 0.5) is 43.4 Å². The Hall–Kier alpha value is -2.53. The zero-order valence-corrected chi connectivity index (χ0v) is 21.2. The van der Waals surface area contributed by atoms with Crippen LogP contribution in [0.1, 0.15) is 54.5 Å². The lowest BCUT2D eigenvalue weighted by Crippen LogP contribution is -2.18. The molecule has 0 spiro atoms. The van der Waals surface area contributed by atoms with Crippen LogP contribution in [0.25, 0.3) is 0 Å². The molecule has 2 N–H and O–H groups in total. The molecule has 0 fully saturated rings. The van der Waals surface area contributed by atoms with Crippen molar-refractivity contribution in [2.24, 2.45) is 0 Å². The van der Waals surface area contributed by atoms with Crippen LogP contribution in [0.5, 0.6) is 0 Å². The standard InChI is InChI=1S/C25H29F6N3OS/c1-14(35-4)5-10-22(36)33-21-9-6-18-19(23(21)34(2)3)7-8-20(18)32-17-12-15(24(26,27)28)11-16(13-17)25(29,30)31/h6,9,11-14,20,32H,5,7-8,10H2,1-4H3,(H,33,36). The maximum atomic E-state index is 13.3. The Morgan fingerprint density at radius 3 is 2.22 bits per heavy atom. The molecule has 198 valence electrons. The minimum atomic E-state index is -4.90. The van der Waals surface area contributed by atoms with Crippen LogP contribution < -0.4 is 15.5 Å². The highest BCUT2D eigenvalue weighted by atomic mass is 32.1. The highest BCUT2D eigenvalue weighted by Crippen LogP contribution is 2.44. The normalized spacial score (nSPS) is 16.4. The molecule has 2 atom stereocenters. The first-order chi connectivity index (χ1) is 16.7. The van der Waals surface area contributed by atoms with Crippen LogP contribution in [0.2, 0.25) is 0 Å². The van der Waals surface area contributed by atoms with E-state index in [4.69, 9.17) is 17.0 Å². The zero-order valence-electron chi connectivity index (χ0n) is 20.4. The van der Waals surface area contributed by atoms with Gasteiger partial charge in [0.25, 0.3) is 0 Å². The zero-order chi connectivity index (χ0) is 26.8. The molecule has 1 aliphatic carbocycles. The maximum Gasteiger partial charge on any atom is 0.416 e. The van der Waals surface area contributed by atoms with E-state index >= 15 is 0 Å². The average Bonchev–Trinajstić information content (AvgIpc) is 3.18. The SMILES string of the molecule is COC(C)CCC(=S)Nc1ccc2c(c1N(C)C)CCC2Nc1cc(C(F)(F)F)cc(C(F)(F)F)c1. The van der Waals surface area contributed by atoms with Crippen molar-refractivity contribution in [2.45, 2.75) is 57.1 Å². The number of nitrogens with one attached hydrogen (secondary N) is 2. The van der Waals surface area contributed by atoms with Crippen LogP contribution in [0.3, 0.4) is 0 Å². The molecule has 3 rings (SSSR count). The number of hydrogen-bond acceptors (Lipinski definition) is 4. The Bertz CT molecular complexity index is 1070. The van der Waals surface area contributed by atoms with Gasteiger partial charge in [-0.15, -0.1) is 0 Å². The van der Waals surface area contributed by atoms with Gasteiger partial charge < -0.3 is 20.3 Å². The highest BCUT2D eigenvalue weighted by molar-refractivity contribution is 7.80. The van der Waals surface area contributed by atoms with Crippen LogP contribution in [0, 0.1) is 0 Å². The van der Waals surface area contributed by atoms with Crippen LogP contribution in [0.15, 0.2) is 30.3 Å². The van der Waals surface area contributed by atoms with Gasteiger partial charge in [-0.05, 0) is 61.6 Å². The molecule has 0 bridgehead atoms. The number of halogens is 6. The van der Waals surface area contributed by atoms with Gasteiger partial charge in [0.1, 0.15) is 0 Å². The first-order valence-corrected chi connectivity index (χ1v) is 11.8. The van der Waals surface area contributed by atoms with E-state index in [2.05, 4.69) is 10.6 Å². The van der Waals surface area contributed by atoms with Crippen molar-refractivity contribution < 1.29 is 31.1 Å². The van der Waals surface area contributed by atoms with E-state index in [-0.39, 0.29) is 17.9 Å². The van der Waals surface area contributed by atoms with E-state index in [1.807, 2.05) is 38.1 Å². The molecule has 0 aromatic heterocycles. The molecular formula is C25H29F6N3OS. The largest absolute Gasteiger partial charge is 0.416 e. The number of thiocarbonyl (C=S) groups is 1. The summed E-state index contributed by atoms with van der Waals surface area (Å²) in [5.41, 5.74) is 0.572. The fraction of sp³-hybridized carbons (Fsp3) is 0.480. The molecule has 0 radical (unpaired) electrons. The van der Waals surface area contributed by atoms with Crippen molar-refractivity contribution in [2.75, 3.05) is 36.7 Å². The molecule has 2 aromatic rings. The molecule has 36 heavy (non-hydrogen) atoms. The fourth-order valence-electron chi connectivity index (χ4n) is 4.35. The third-order valence-corrected chi connectivity index (χ3v) is 6.51. The predicted octanol–water partition coefficient (Wildman–Crippen LogP) is 7.44. The van der Waals surface area contributed by atoms with Gasteiger partial charge in [-0.3, -0.25) is 0 Å². The summed E-state index contributed by atoms with van der Waals surface area (Å²) >= 11 is 5.49. The van der Waals surface area contributed by atoms with Gasteiger partial charge in [0.2, 0.25) is 0 Å². The number of anilines is 3. The number of benzene rings is 2. The predicted molar refractivity (Wildman–Crippen MR) is 134 cm³/mol. The molecule has 0 aliphatic heterocycles. The minimum Gasteiger partial charge on any atom is -0.382 e. The molecule has 2 unspecified atom stereocenters. The van der Waals surface area contributed by atoms with E-state index in [0.29, 0.717) is 24.3 Å². The topological polar surface area (TPSA) is 36.5 Å². The summed E-state index contributed by atoms with van der Waals surface area (Å²) in [6.45, 7) is 1.96. The molecule has 0 saturated carbocycles. The molecular weight excluding hydrogens is 504 g/mol. The summed E-state index contributed by atoms with van der Waals surface area (Å²) < 4.78 is 84.9. The van der Waals surface area contributed by atoms with Gasteiger partial charge in [0.05, 0.1) is 39.6 Å². The van der Waals surface area contributed by atoms with Gasteiger partial charge in [-0.25, -0.2) is 0 Å². The van der Waals surface area contributed by atoms with Crippen LogP contribution >= 0.6 is 12.2 Å². The lowest BCUT2D eigenvalue weighted by molar-refractivity contribution is -0.143. The monoisotopic (exact) mass is 533 g/mol. The van der Waals surface area contributed by atoms with Crippen molar-refractivity contribution in [3.8, 4) is 0 Å². The average molecular weight is 534 g/mol. The van der Waals surface area contributed by atoms with Crippen molar-refractivity contribution in [1.29, 1.82) is 0 Å². The first-order valence-electron chi connectivity index (χ1n) is 11.4. The summed E-state index contributed by atoms with van der Waals surface area (Å²) in [4.78, 5) is 2.58. The minimum absolute atomic E-state index is 0.0682. The van der Waals surface area contributed by atoms with Gasteiger partial charge in [-0.2, -0.15) is 26.3 Å². The fourth-order valence-corrected chi connectivity index (χ4v) is 4.58. The molecule has 2 aromatic carbocycles. The first kappa shape index (κ1) is 28.0. The van der Waals surface area contributed by atoms with E-state index in [0.717, 1.165) is 41.1 Å². The van der Waals surface area contributed by atoms with Crippen molar-refractivity contribution in [1.82, 2.24) is 0 Å². The molecule has 0 heterocycles. The Balaban J connectivity index is 1.89. The Kier molecular flexibility index (Phi) is 8.44. The Morgan fingerprint density at radius 1 is 1.08 bits per heavy atom. The quantitative estimate of drug-likeness (QED) is 0.272. The second-order valence-electron chi connectivity index (χ2n) is 9.09. The molecule has 4 nitrogen and oxygen atoms in total. The van der Waals surface area contributed by atoms with E-state index in [1.54, 1.807) is 7.11 Å². The summed E-state index contributed by atoms with van der Waals surface area (Å²) in [5, 5.41) is 6.19. The van der Waals surface area contributed by atoms with E-state index in [1.165, 1.54) is 0 Å². The summed E-state index contributed by atoms with van der Waals surface area (Å²) in [7, 11) is 5.39. The number of nitrogens with zero attached hydrogens (tertiary/aromatic N) is 1. The van der Waals surface area contributed by atoms with Crippen molar-refractivity contribution >= 4 is 34.3 Å². The number of hydrogen-bond donors (Lipinski definition) is 2. The van der Waals surface area contributed by atoms with Crippen molar-refractivity contribution in [3.63, 3.8) is 0 Å². The van der Waals surface area contributed by atoms with Crippen molar-refractivity contribution in [3.05, 3.63) is 52.6 Å². The second-order valence-corrected chi connectivity index (χ2v) is 9.58. The molecule has 11 heteroatoms. The number of rotatable bonds is 8. The van der Waals surface area contributed by atoms with E-state index in [9.17, 15) is 26.3 Å². The van der Waals surface area contributed by atoms with Gasteiger partial charge in [-0.1, -0.05) is 18.3 Å². The van der Waals surface area contributed by atoms with Crippen LogP contribution in [-0.4, -0.2) is 32.3 Å². The molecule has 0 amide bonds. The second kappa shape index (κ2) is 10.8. The number of fused-ring (bicyclic) bond motifs is 1.